The third-order valence-corrected chi connectivity index (χ3v) is 4.45. The van der Waals surface area contributed by atoms with Crippen LogP contribution in [0.4, 0.5) is 0 Å². The van der Waals surface area contributed by atoms with Gasteiger partial charge in [-0.05, 0) is 47.5 Å². The van der Waals surface area contributed by atoms with Crippen LogP contribution in [0.3, 0.4) is 0 Å². The molecule has 0 radical (unpaired) electrons. The molecule has 2 aliphatic rings. The van der Waals surface area contributed by atoms with Crippen molar-refractivity contribution < 1.29 is 19.0 Å². The van der Waals surface area contributed by atoms with Crippen molar-refractivity contribution in [3.05, 3.63) is 0 Å². The van der Waals surface area contributed by atoms with Gasteiger partial charge < -0.3 is 14.2 Å². The fourth-order valence-electron chi connectivity index (χ4n) is 3.72. The van der Waals surface area contributed by atoms with E-state index in [0.717, 1.165) is 19.3 Å². The van der Waals surface area contributed by atoms with Crippen LogP contribution < -0.4 is 0 Å². The molecule has 0 spiro atoms. The summed E-state index contributed by atoms with van der Waals surface area (Å²) >= 11 is 0. The standard InChI is InChI=1S/C16H31NO4/c1-7-19-14-13(8-9-20-14)21-17-15(2,3)10-12(18-6)11-16(17,4)5/h12-14H,7-11H2,1-6H3. The van der Waals surface area contributed by atoms with E-state index in [9.17, 15) is 0 Å². The van der Waals surface area contributed by atoms with Crippen molar-refractivity contribution in [2.24, 2.45) is 0 Å². The molecule has 0 N–H and O–H groups in total. The smallest absolute Gasteiger partial charge is 0.185 e. The van der Waals surface area contributed by atoms with Crippen molar-refractivity contribution in [1.29, 1.82) is 0 Å². The van der Waals surface area contributed by atoms with Crippen LogP contribution in [0.15, 0.2) is 0 Å². The Labute approximate surface area is 128 Å². The predicted molar refractivity (Wildman–Crippen MR) is 80.9 cm³/mol. The van der Waals surface area contributed by atoms with E-state index in [1.807, 2.05) is 6.92 Å². The lowest BCUT2D eigenvalue weighted by molar-refractivity contribution is -0.335. The first kappa shape index (κ1) is 17.2. The molecule has 2 heterocycles. The van der Waals surface area contributed by atoms with Gasteiger partial charge in [-0.15, -0.1) is 0 Å². The van der Waals surface area contributed by atoms with Crippen LogP contribution in [0.1, 0.15) is 53.9 Å². The van der Waals surface area contributed by atoms with Gasteiger partial charge in [0.15, 0.2) is 6.29 Å². The third-order valence-electron chi connectivity index (χ3n) is 4.45. The summed E-state index contributed by atoms with van der Waals surface area (Å²) in [5, 5.41) is 2.15. The van der Waals surface area contributed by atoms with Crippen molar-refractivity contribution in [2.75, 3.05) is 20.3 Å². The molecule has 0 amide bonds. The molecule has 2 rings (SSSR count). The maximum atomic E-state index is 6.37. The van der Waals surface area contributed by atoms with Crippen LogP contribution in [-0.2, 0) is 19.0 Å². The predicted octanol–water partition coefficient (Wildman–Crippen LogP) is 2.74. The fraction of sp³-hybridized carbons (Fsp3) is 1.00. The molecule has 0 bridgehead atoms. The first-order chi connectivity index (χ1) is 9.80. The molecule has 2 aliphatic heterocycles. The number of piperidine rings is 1. The molecular weight excluding hydrogens is 270 g/mol. The summed E-state index contributed by atoms with van der Waals surface area (Å²) in [6.45, 7) is 12.2. The van der Waals surface area contributed by atoms with Crippen LogP contribution in [0, 0.1) is 0 Å². The summed E-state index contributed by atoms with van der Waals surface area (Å²) in [5.74, 6) is 0. The molecule has 2 unspecified atom stereocenters. The molecule has 0 aromatic carbocycles. The molecule has 5 heteroatoms. The Balaban J connectivity index is 2.09. The summed E-state index contributed by atoms with van der Waals surface area (Å²) in [7, 11) is 1.79. The molecule has 0 aromatic heterocycles. The van der Waals surface area contributed by atoms with Crippen LogP contribution in [0.5, 0.6) is 0 Å². The minimum atomic E-state index is -0.248. The van der Waals surface area contributed by atoms with Crippen molar-refractivity contribution in [1.82, 2.24) is 5.06 Å². The van der Waals surface area contributed by atoms with E-state index < -0.39 is 0 Å². The summed E-state index contributed by atoms with van der Waals surface area (Å²) in [6, 6.07) is 0. The third kappa shape index (κ3) is 3.77. The Morgan fingerprint density at radius 3 is 2.29 bits per heavy atom. The van der Waals surface area contributed by atoms with Gasteiger partial charge >= 0.3 is 0 Å². The molecule has 0 aromatic rings. The van der Waals surface area contributed by atoms with Crippen molar-refractivity contribution in [3.63, 3.8) is 0 Å². The van der Waals surface area contributed by atoms with Gasteiger partial charge in [0.2, 0.25) is 0 Å². The van der Waals surface area contributed by atoms with E-state index in [-0.39, 0.29) is 29.6 Å². The largest absolute Gasteiger partial charge is 0.381 e. The van der Waals surface area contributed by atoms with E-state index >= 15 is 0 Å². The highest BCUT2D eigenvalue weighted by Gasteiger charge is 2.48. The summed E-state index contributed by atoms with van der Waals surface area (Å²) in [5.41, 5.74) is -0.163. The highest BCUT2D eigenvalue weighted by Crippen LogP contribution is 2.41. The van der Waals surface area contributed by atoms with Crippen LogP contribution in [-0.4, -0.2) is 55.0 Å². The maximum absolute atomic E-state index is 6.37. The molecule has 0 saturated carbocycles. The van der Waals surface area contributed by atoms with E-state index in [4.69, 9.17) is 19.0 Å². The van der Waals surface area contributed by atoms with Gasteiger partial charge in [0.1, 0.15) is 6.10 Å². The molecule has 2 fully saturated rings. The zero-order valence-electron chi connectivity index (χ0n) is 14.3. The highest BCUT2D eigenvalue weighted by atomic mass is 16.8. The van der Waals surface area contributed by atoms with Crippen molar-refractivity contribution in [2.45, 2.75) is 83.5 Å². The Morgan fingerprint density at radius 2 is 1.76 bits per heavy atom. The number of rotatable bonds is 5. The van der Waals surface area contributed by atoms with Gasteiger partial charge in [0.05, 0.1) is 12.7 Å². The first-order valence-corrected chi connectivity index (χ1v) is 8.03. The van der Waals surface area contributed by atoms with E-state index in [2.05, 4.69) is 32.8 Å². The first-order valence-electron chi connectivity index (χ1n) is 8.03. The SMILES string of the molecule is CCOC1OCCC1ON1C(C)(C)CC(OC)CC1(C)C. The topological polar surface area (TPSA) is 40.2 Å². The molecule has 21 heavy (non-hydrogen) atoms. The molecule has 2 atom stereocenters. The van der Waals surface area contributed by atoms with Crippen LogP contribution >= 0.6 is 0 Å². The Morgan fingerprint density at radius 1 is 1.14 bits per heavy atom. The summed E-state index contributed by atoms with van der Waals surface area (Å²) in [4.78, 5) is 6.37. The van der Waals surface area contributed by atoms with Crippen molar-refractivity contribution in [3.8, 4) is 0 Å². The van der Waals surface area contributed by atoms with Crippen molar-refractivity contribution >= 4 is 0 Å². The number of methoxy groups -OCH3 is 1. The number of ether oxygens (including phenoxy) is 3. The van der Waals surface area contributed by atoms with Gasteiger partial charge in [0, 0.05) is 31.2 Å². The lowest BCUT2D eigenvalue weighted by atomic mass is 9.80. The van der Waals surface area contributed by atoms with Gasteiger partial charge in [-0.2, -0.15) is 5.06 Å². The number of nitrogens with zero attached hydrogens (tertiary/aromatic N) is 1. The van der Waals surface area contributed by atoms with Gasteiger partial charge in [-0.3, -0.25) is 4.84 Å². The fourth-order valence-corrected chi connectivity index (χ4v) is 3.72. The lowest BCUT2D eigenvalue weighted by Gasteiger charge is -2.54. The quantitative estimate of drug-likeness (QED) is 0.781. The molecule has 124 valence electrons. The molecule has 2 saturated heterocycles. The number of hydrogen-bond donors (Lipinski definition) is 0. The van der Waals surface area contributed by atoms with Crippen LogP contribution in [0.25, 0.3) is 0 Å². The molecular formula is C16H31NO4. The van der Waals surface area contributed by atoms with E-state index in [0.29, 0.717) is 13.2 Å². The van der Waals surface area contributed by atoms with E-state index in [1.165, 1.54) is 0 Å². The van der Waals surface area contributed by atoms with E-state index in [1.54, 1.807) is 7.11 Å². The number of hydroxylamine groups is 2. The minimum absolute atomic E-state index is 0.0254. The minimum Gasteiger partial charge on any atom is -0.381 e. The molecule has 0 aliphatic carbocycles. The average molecular weight is 301 g/mol. The maximum Gasteiger partial charge on any atom is 0.185 e. The van der Waals surface area contributed by atoms with Gasteiger partial charge in [0.25, 0.3) is 0 Å². The van der Waals surface area contributed by atoms with Crippen LogP contribution in [0.2, 0.25) is 0 Å². The Kier molecular flexibility index (Phi) is 5.31. The zero-order valence-corrected chi connectivity index (χ0v) is 14.3. The highest BCUT2D eigenvalue weighted by molar-refractivity contribution is 4.97. The lowest BCUT2D eigenvalue weighted by Crippen LogP contribution is -2.63. The molecule has 5 nitrogen and oxygen atoms in total. The second-order valence-electron chi connectivity index (χ2n) is 7.31. The normalized spacial score (nSPS) is 33.4. The second kappa shape index (κ2) is 6.50. The summed E-state index contributed by atoms with van der Waals surface area (Å²) in [6.07, 6.45) is 2.79. The van der Waals surface area contributed by atoms with Gasteiger partial charge in [-0.25, -0.2) is 0 Å². The van der Waals surface area contributed by atoms with Gasteiger partial charge in [-0.1, -0.05) is 0 Å². The second-order valence-corrected chi connectivity index (χ2v) is 7.31. The number of hydrogen-bond acceptors (Lipinski definition) is 5. The summed E-state index contributed by atoms with van der Waals surface area (Å²) < 4.78 is 16.9. The Hall–Kier alpha value is -0.200. The Bertz CT molecular complexity index is 327. The zero-order chi connectivity index (χ0) is 15.7. The monoisotopic (exact) mass is 301 g/mol. The average Bonchev–Trinajstić information content (AvgIpc) is 2.81.